The van der Waals surface area contributed by atoms with E-state index < -0.39 is 71.5 Å². The molecule has 15 nitrogen and oxygen atoms in total. The van der Waals surface area contributed by atoms with Crippen molar-refractivity contribution in [3.05, 3.63) is 112 Å². The van der Waals surface area contributed by atoms with Gasteiger partial charge in [-0.1, -0.05) is 60.7 Å². The van der Waals surface area contributed by atoms with Crippen LogP contribution in [0, 0.1) is 16.0 Å². The quantitative estimate of drug-likeness (QED) is 0.0821. The van der Waals surface area contributed by atoms with E-state index in [1.165, 1.54) is 31.2 Å². The van der Waals surface area contributed by atoms with Crippen LogP contribution < -0.4 is 5.43 Å². The molecule has 5 rings (SSSR count). The Hall–Kier alpha value is -5.83. The Morgan fingerprint density at radius 3 is 2.00 bits per heavy atom. The first-order valence-corrected chi connectivity index (χ1v) is 14.5. The number of β-lactam (4-membered cyclic amide) rings is 1. The lowest BCUT2D eigenvalue weighted by Gasteiger charge is -2.51. The molecular weight excluding hydrogens is 616 g/mol. The average Bonchev–Trinajstić information content (AvgIpc) is 3.33. The van der Waals surface area contributed by atoms with Crippen LogP contribution in [0.3, 0.4) is 0 Å². The van der Waals surface area contributed by atoms with Crippen LogP contribution in [0.4, 0.5) is 15.3 Å². The molecule has 244 valence electrons. The number of ether oxygens (including phenoxy) is 3. The van der Waals surface area contributed by atoms with E-state index in [1.54, 1.807) is 60.7 Å². The number of aliphatic hydroxyl groups is 1. The fourth-order valence-corrected chi connectivity index (χ4v) is 5.57. The Balaban J connectivity index is 1.49. The summed E-state index contributed by atoms with van der Waals surface area (Å²) in [5, 5.41) is 21.6. The number of Topliss-reactive ketones (excluding diaryl/α,β-unsaturated/α-hetero) is 1. The maximum absolute atomic E-state index is 14.1. The van der Waals surface area contributed by atoms with E-state index in [4.69, 9.17) is 14.2 Å². The summed E-state index contributed by atoms with van der Waals surface area (Å²) in [5.41, 5.74) is 0.440. The molecule has 2 fully saturated rings. The fourth-order valence-electron chi connectivity index (χ4n) is 5.57. The summed E-state index contributed by atoms with van der Waals surface area (Å²) in [7, 11) is 0. The number of nitrogens with one attached hydrogen (secondary N) is 1. The van der Waals surface area contributed by atoms with E-state index in [0.29, 0.717) is 16.1 Å². The summed E-state index contributed by atoms with van der Waals surface area (Å²) in [6.45, 7) is 0.235. The standard InChI is InChI=1S/C32H30N4O11/c1-20(37)27-25-16-26(38)32(34(25)28(27)39,29(40)45-17-23-12-14-24(15-13-23)36(43)44)35(31(42)47-19-22-10-6-3-7-11-22)33-30(41)46-18-21-8-4-2-5-9-21/h2-15,20,25,27,37H,16-19H2,1H3,(H,33,41)/t20-,25-,27-,32-/m1/s1. The molecule has 0 spiro atoms. The highest BCUT2D eigenvalue weighted by molar-refractivity contribution is 6.17. The number of rotatable bonds is 10. The minimum absolute atomic E-state index is 0.216. The molecule has 2 heterocycles. The van der Waals surface area contributed by atoms with Crippen molar-refractivity contribution in [2.75, 3.05) is 0 Å². The number of nitro groups is 1. The van der Waals surface area contributed by atoms with E-state index in [1.807, 2.05) is 0 Å². The smallest absolute Gasteiger partial charge is 0.432 e. The number of carbonyl (C=O) groups is 5. The van der Waals surface area contributed by atoms with Gasteiger partial charge in [-0.15, -0.1) is 0 Å². The van der Waals surface area contributed by atoms with Crippen molar-refractivity contribution in [3.8, 4) is 0 Å². The Kier molecular flexibility index (Phi) is 9.46. The summed E-state index contributed by atoms with van der Waals surface area (Å²) >= 11 is 0. The molecule has 0 bridgehead atoms. The second-order valence-electron chi connectivity index (χ2n) is 10.9. The molecule has 3 aromatic carbocycles. The number of hydrogen-bond donors (Lipinski definition) is 2. The lowest BCUT2D eigenvalue weighted by Crippen LogP contribution is -2.79. The highest BCUT2D eigenvalue weighted by Gasteiger charge is 2.74. The molecule has 0 aliphatic carbocycles. The number of benzene rings is 3. The van der Waals surface area contributed by atoms with Crippen LogP contribution >= 0.6 is 0 Å². The summed E-state index contributed by atoms with van der Waals surface area (Å²) in [5.74, 6) is -4.33. The van der Waals surface area contributed by atoms with Crippen molar-refractivity contribution in [2.24, 2.45) is 5.92 Å². The second kappa shape index (κ2) is 13.7. The Morgan fingerprint density at radius 1 is 0.915 bits per heavy atom. The molecule has 0 saturated carbocycles. The lowest BCUT2D eigenvalue weighted by atomic mass is 9.83. The number of non-ortho nitro benzene ring substituents is 1. The van der Waals surface area contributed by atoms with Gasteiger partial charge in [0.25, 0.3) is 11.4 Å². The first-order valence-electron chi connectivity index (χ1n) is 14.5. The first-order chi connectivity index (χ1) is 22.5. The Labute approximate surface area is 267 Å². The molecule has 3 aromatic rings. The van der Waals surface area contributed by atoms with Crippen LogP contribution in [-0.4, -0.2) is 67.6 Å². The van der Waals surface area contributed by atoms with Gasteiger partial charge in [0.05, 0.1) is 23.0 Å². The average molecular weight is 647 g/mol. The van der Waals surface area contributed by atoms with Crippen molar-refractivity contribution in [1.29, 1.82) is 0 Å². The SMILES string of the molecule is C[C@@H](O)[C@H]1C(=O)N2[C@@H]1CC(=O)[C@]2(C(=O)OCc1ccc([N+](=O)[O-])cc1)N(NC(=O)OCc1ccccc1)C(=O)OCc1ccccc1. The zero-order chi connectivity index (χ0) is 33.7. The van der Waals surface area contributed by atoms with E-state index in [0.717, 1.165) is 4.90 Å². The number of aliphatic hydroxyl groups excluding tert-OH is 1. The van der Waals surface area contributed by atoms with Crippen molar-refractivity contribution >= 4 is 35.5 Å². The number of amides is 3. The molecule has 4 atom stereocenters. The van der Waals surface area contributed by atoms with Crippen LogP contribution in [0.15, 0.2) is 84.9 Å². The fraction of sp³-hybridized carbons (Fsp3) is 0.281. The first kappa shape index (κ1) is 32.6. The normalized spacial score (nSPS) is 20.3. The molecule has 0 unspecified atom stereocenters. The zero-order valence-corrected chi connectivity index (χ0v) is 25.0. The van der Waals surface area contributed by atoms with E-state index in [9.17, 15) is 39.2 Å². The summed E-state index contributed by atoms with van der Waals surface area (Å²) in [6, 6.07) is 20.9. The van der Waals surface area contributed by atoms with Crippen molar-refractivity contribution in [1.82, 2.24) is 15.3 Å². The number of nitro benzene ring substituents is 1. The van der Waals surface area contributed by atoms with Gasteiger partial charge in [0, 0.05) is 18.6 Å². The molecule has 0 radical (unpaired) electrons. The van der Waals surface area contributed by atoms with Crippen LogP contribution in [0.25, 0.3) is 0 Å². The van der Waals surface area contributed by atoms with Crippen LogP contribution in [0.2, 0.25) is 0 Å². The molecule has 15 heteroatoms. The monoisotopic (exact) mass is 646 g/mol. The number of hydrogen-bond acceptors (Lipinski definition) is 11. The number of nitrogens with zero attached hydrogens (tertiary/aromatic N) is 3. The van der Waals surface area contributed by atoms with Gasteiger partial charge in [-0.25, -0.2) is 19.8 Å². The van der Waals surface area contributed by atoms with Crippen LogP contribution in [0.1, 0.15) is 30.0 Å². The number of fused-ring (bicyclic) bond motifs is 1. The van der Waals surface area contributed by atoms with Gasteiger partial charge < -0.3 is 19.3 Å². The Morgan fingerprint density at radius 2 is 1.45 bits per heavy atom. The van der Waals surface area contributed by atoms with Crippen molar-refractivity contribution < 1.29 is 48.2 Å². The predicted molar refractivity (Wildman–Crippen MR) is 159 cm³/mol. The third-order valence-electron chi connectivity index (χ3n) is 7.85. The maximum Gasteiger partial charge on any atom is 0.432 e. The van der Waals surface area contributed by atoms with Gasteiger partial charge >= 0.3 is 18.2 Å². The molecule has 47 heavy (non-hydrogen) atoms. The molecular formula is C32H30N4O11. The third-order valence-corrected chi connectivity index (χ3v) is 7.85. The predicted octanol–water partition coefficient (Wildman–Crippen LogP) is 3.00. The van der Waals surface area contributed by atoms with Gasteiger partial charge in [0.15, 0.2) is 5.78 Å². The maximum atomic E-state index is 14.1. The van der Waals surface area contributed by atoms with Gasteiger partial charge in [0.2, 0.25) is 5.91 Å². The van der Waals surface area contributed by atoms with Gasteiger partial charge in [0.1, 0.15) is 19.8 Å². The number of hydrazine groups is 1. The Bertz CT molecular complexity index is 1670. The summed E-state index contributed by atoms with van der Waals surface area (Å²) in [6.07, 6.45) is -4.31. The van der Waals surface area contributed by atoms with Gasteiger partial charge in [-0.3, -0.25) is 24.6 Å². The van der Waals surface area contributed by atoms with Gasteiger partial charge in [-0.05, 0) is 35.7 Å². The topological polar surface area (TPSA) is 195 Å². The number of ketones is 1. The molecule has 2 aliphatic rings. The minimum Gasteiger partial charge on any atom is -0.457 e. The third kappa shape index (κ3) is 6.46. The molecule has 0 aromatic heterocycles. The summed E-state index contributed by atoms with van der Waals surface area (Å²) < 4.78 is 16.1. The highest BCUT2D eigenvalue weighted by atomic mass is 16.6. The minimum atomic E-state index is -2.88. The molecule has 2 aliphatic heterocycles. The number of esters is 1. The molecule has 3 amide bonds. The molecule has 2 saturated heterocycles. The lowest BCUT2D eigenvalue weighted by molar-refractivity contribution is -0.384. The van der Waals surface area contributed by atoms with Crippen molar-refractivity contribution in [2.45, 2.75) is 51.0 Å². The molecule has 2 N–H and O–H groups in total. The summed E-state index contributed by atoms with van der Waals surface area (Å²) in [4.78, 5) is 79.6. The van der Waals surface area contributed by atoms with Crippen LogP contribution in [-0.2, 0) is 48.4 Å². The van der Waals surface area contributed by atoms with Gasteiger partial charge in [-0.2, -0.15) is 5.01 Å². The second-order valence-corrected chi connectivity index (χ2v) is 10.9. The number of carbonyl (C=O) groups excluding carboxylic acids is 5. The van der Waals surface area contributed by atoms with E-state index in [-0.39, 0.29) is 24.5 Å². The zero-order valence-electron chi connectivity index (χ0n) is 25.0. The highest BCUT2D eigenvalue weighted by Crippen LogP contribution is 2.47. The van der Waals surface area contributed by atoms with E-state index >= 15 is 0 Å². The van der Waals surface area contributed by atoms with Crippen molar-refractivity contribution in [3.63, 3.8) is 0 Å². The van der Waals surface area contributed by atoms with Crippen LogP contribution in [0.5, 0.6) is 0 Å². The largest absolute Gasteiger partial charge is 0.457 e. The van der Waals surface area contributed by atoms with E-state index in [2.05, 4.69) is 5.43 Å².